The lowest BCUT2D eigenvalue weighted by Gasteiger charge is -2.10. The summed E-state index contributed by atoms with van der Waals surface area (Å²) in [6.45, 7) is 1.94. The van der Waals surface area contributed by atoms with Crippen molar-refractivity contribution in [2.75, 3.05) is 0 Å². The molecule has 0 aliphatic heterocycles. The molecule has 1 aromatic heterocycles. The van der Waals surface area contributed by atoms with E-state index in [9.17, 15) is 0 Å². The molecule has 0 radical (unpaired) electrons. The zero-order valence-corrected chi connectivity index (χ0v) is 10.5. The van der Waals surface area contributed by atoms with Crippen molar-refractivity contribution in [3.8, 4) is 17.7 Å². The van der Waals surface area contributed by atoms with Crippen LogP contribution < -0.4 is 4.74 Å². The summed E-state index contributed by atoms with van der Waals surface area (Å²) in [4.78, 5) is 7.96. The van der Waals surface area contributed by atoms with Gasteiger partial charge in [-0.1, -0.05) is 30.7 Å². The Morgan fingerprint density at radius 3 is 2.83 bits per heavy atom. The van der Waals surface area contributed by atoms with E-state index in [4.69, 9.17) is 21.6 Å². The van der Waals surface area contributed by atoms with E-state index < -0.39 is 0 Å². The van der Waals surface area contributed by atoms with Gasteiger partial charge < -0.3 is 4.74 Å². The highest BCUT2D eigenvalue weighted by molar-refractivity contribution is 6.30. The molecule has 1 aromatic carbocycles. The van der Waals surface area contributed by atoms with Gasteiger partial charge in [-0.15, -0.1) is 0 Å². The first kappa shape index (κ1) is 12.3. The van der Waals surface area contributed by atoms with Gasteiger partial charge in [0.15, 0.2) is 0 Å². The highest BCUT2D eigenvalue weighted by atomic mass is 35.5. The number of aromatic nitrogens is 2. The second kappa shape index (κ2) is 5.48. The molecular formula is C13H10ClN3O. The first-order valence-electron chi connectivity index (χ1n) is 5.42. The Labute approximate surface area is 110 Å². The smallest absolute Gasteiger partial charge is 0.227 e. The summed E-state index contributed by atoms with van der Waals surface area (Å²) >= 11 is 5.97. The molecule has 0 aliphatic rings. The monoisotopic (exact) mass is 259 g/mol. The molecule has 0 saturated heterocycles. The second-order valence-corrected chi connectivity index (χ2v) is 3.87. The quantitative estimate of drug-likeness (QED) is 0.793. The van der Waals surface area contributed by atoms with Gasteiger partial charge in [-0.25, -0.2) is 9.97 Å². The summed E-state index contributed by atoms with van der Waals surface area (Å²) in [6, 6.07) is 9.04. The van der Waals surface area contributed by atoms with Crippen LogP contribution in [0.25, 0.3) is 0 Å². The number of nitriles is 1. The van der Waals surface area contributed by atoms with E-state index in [1.54, 1.807) is 24.3 Å². The minimum absolute atomic E-state index is 0.372. The Bertz CT molecular complexity index is 607. The molecular weight excluding hydrogens is 250 g/mol. The number of nitrogens with zero attached hydrogens (tertiary/aromatic N) is 3. The molecule has 0 saturated carbocycles. The van der Waals surface area contributed by atoms with Gasteiger partial charge >= 0.3 is 0 Å². The van der Waals surface area contributed by atoms with Crippen molar-refractivity contribution in [3.63, 3.8) is 0 Å². The van der Waals surface area contributed by atoms with E-state index >= 15 is 0 Å². The first-order chi connectivity index (χ1) is 8.76. The third-order valence-electron chi connectivity index (χ3n) is 2.42. The van der Waals surface area contributed by atoms with Gasteiger partial charge in [0.2, 0.25) is 5.88 Å². The summed E-state index contributed by atoms with van der Waals surface area (Å²) in [6.07, 6.45) is 2.00. The van der Waals surface area contributed by atoms with Gasteiger partial charge in [0.05, 0.1) is 11.1 Å². The molecule has 0 unspecified atom stereocenters. The van der Waals surface area contributed by atoms with Crippen LogP contribution in [0.1, 0.15) is 18.1 Å². The van der Waals surface area contributed by atoms with Crippen molar-refractivity contribution in [1.29, 1.82) is 5.26 Å². The molecule has 0 atom stereocenters. The fourth-order valence-electron chi connectivity index (χ4n) is 1.51. The summed E-state index contributed by atoms with van der Waals surface area (Å²) < 4.78 is 5.65. The van der Waals surface area contributed by atoms with Crippen molar-refractivity contribution in [3.05, 3.63) is 46.9 Å². The van der Waals surface area contributed by atoms with E-state index in [1.165, 1.54) is 6.33 Å². The number of hydrogen-bond donors (Lipinski definition) is 0. The van der Waals surface area contributed by atoms with Gasteiger partial charge in [-0.2, -0.15) is 5.26 Å². The second-order valence-electron chi connectivity index (χ2n) is 3.51. The van der Waals surface area contributed by atoms with Gasteiger partial charge in [0, 0.05) is 0 Å². The molecule has 2 rings (SSSR count). The fourth-order valence-corrected chi connectivity index (χ4v) is 1.77. The molecule has 0 aliphatic carbocycles. The lowest BCUT2D eigenvalue weighted by Crippen LogP contribution is -1.97. The van der Waals surface area contributed by atoms with Gasteiger partial charge in [0.1, 0.15) is 23.3 Å². The largest absolute Gasteiger partial charge is 0.437 e. The normalized spacial score (nSPS) is 9.83. The summed E-state index contributed by atoms with van der Waals surface area (Å²) in [5.41, 5.74) is 1.18. The van der Waals surface area contributed by atoms with E-state index in [0.717, 1.165) is 5.56 Å². The lowest BCUT2D eigenvalue weighted by molar-refractivity contribution is 0.453. The number of hydrogen-bond acceptors (Lipinski definition) is 4. The Morgan fingerprint density at radius 2 is 2.11 bits per heavy atom. The van der Waals surface area contributed by atoms with Crippen LogP contribution in [0.15, 0.2) is 30.6 Å². The molecule has 1 heterocycles. The van der Waals surface area contributed by atoms with E-state index in [0.29, 0.717) is 28.8 Å². The molecule has 0 spiro atoms. The average Bonchev–Trinajstić information content (AvgIpc) is 2.40. The predicted molar refractivity (Wildman–Crippen MR) is 67.7 cm³/mol. The minimum atomic E-state index is 0.372. The molecule has 5 heteroatoms. The minimum Gasteiger partial charge on any atom is -0.437 e. The van der Waals surface area contributed by atoms with Crippen LogP contribution in [0, 0.1) is 11.3 Å². The van der Waals surface area contributed by atoms with Crippen LogP contribution in [0.5, 0.6) is 11.6 Å². The highest BCUT2D eigenvalue weighted by Crippen LogP contribution is 2.28. The van der Waals surface area contributed by atoms with Gasteiger partial charge in [-0.05, 0) is 18.6 Å². The van der Waals surface area contributed by atoms with Crippen LogP contribution >= 0.6 is 11.6 Å². The number of ether oxygens (including phenoxy) is 1. The zero-order chi connectivity index (χ0) is 13.0. The standard InChI is InChI=1S/C13H10ClN3O/c1-2-10-12(14)16-8-17-13(10)18-11-6-4-3-5-9(11)7-15/h3-6,8H,2H2,1H3. The number of rotatable bonds is 3. The van der Waals surface area contributed by atoms with Crippen LogP contribution in [-0.4, -0.2) is 9.97 Å². The molecule has 90 valence electrons. The first-order valence-corrected chi connectivity index (χ1v) is 5.80. The van der Waals surface area contributed by atoms with Crippen molar-refractivity contribution >= 4 is 11.6 Å². The van der Waals surface area contributed by atoms with Crippen LogP contribution in [0.3, 0.4) is 0 Å². The topological polar surface area (TPSA) is 58.8 Å². The maximum Gasteiger partial charge on any atom is 0.227 e. The third kappa shape index (κ3) is 2.41. The predicted octanol–water partition coefficient (Wildman–Crippen LogP) is 3.36. The van der Waals surface area contributed by atoms with Crippen molar-refractivity contribution in [2.24, 2.45) is 0 Å². The number of benzene rings is 1. The average molecular weight is 260 g/mol. The van der Waals surface area contributed by atoms with Crippen LogP contribution in [0.4, 0.5) is 0 Å². The molecule has 0 fully saturated rings. The maximum absolute atomic E-state index is 8.99. The van der Waals surface area contributed by atoms with Gasteiger partial charge in [0.25, 0.3) is 0 Å². The Balaban J connectivity index is 2.41. The zero-order valence-electron chi connectivity index (χ0n) is 9.72. The SMILES string of the molecule is CCc1c(Cl)ncnc1Oc1ccccc1C#N. The van der Waals surface area contributed by atoms with Crippen molar-refractivity contribution < 1.29 is 4.74 Å². The van der Waals surface area contributed by atoms with Crippen molar-refractivity contribution in [1.82, 2.24) is 9.97 Å². The van der Waals surface area contributed by atoms with Crippen LogP contribution in [0.2, 0.25) is 5.15 Å². The number of para-hydroxylation sites is 1. The van der Waals surface area contributed by atoms with Crippen molar-refractivity contribution in [2.45, 2.75) is 13.3 Å². The van der Waals surface area contributed by atoms with E-state index in [2.05, 4.69) is 16.0 Å². The number of halogens is 1. The Hall–Kier alpha value is -2.12. The summed E-state index contributed by atoms with van der Waals surface area (Å²) in [5, 5.41) is 9.36. The molecule has 18 heavy (non-hydrogen) atoms. The van der Waals surface area contributed by atoms with Crippen LogP contribution in [-0.2, 0) is 6.42 Å². The van der Waals surface area contributed by atoms with E-state index in [-0.39, 0.29) is 0 Å². The maximum atomic E-state index is 8.99. The summed E-state index contributed by atoms with van der Waals surface area (Å²) in [7, 11) is 0. The third-order valence-corrected chi connectivity index (χ3v) is 2.75. The Morgan fingerprint density at radius 1 is 1.33 bits per heavy atom. The Kier molecular flexibility index (Phi) is 3.75. The molecule has 0 amide bonds. The lowest BCUT2D eigenvalue weighted by atomic mass is 10.2. The molecule has 4 nitrogen and oxygen atoms in total. The summed E-state index contributed by atoms with van der Waals surface area (Å²) in [5.74, 6) is 0.852. The van der Waals surface area contributed by atoms with E-state index in [1.807, 2.05) is 6.92 Å². The van der Waals surface area contributed by atoms with Gasteiger partial charge in [-0.3, -0.25) is 0 Å². The molecule has 0 bridgehead atoms. The molecule has 0 N–H and O–H groups in total. The highest BCUT2D eigenvalue weighted by Gasteiger charge is 2.11. The molecule has 2 aromatic rings. The fraction of sp³-hybridized carbons (Fsp3) is 0.154.